The Hall–Kier alpha value is -3.34. The second-order valence-electron chi connectivity index (χ2n) is 5.79. The van der Waals surface area contributed by atoms with E-state index < -0.39 is 0 Å². The van der Waals surface area contributed by atoms with E-state index in [1.165, 1.54) is 6.07 Å². The van der Waals surface area contributed by atoms with E-state index in [0.717, 1.165) is 11.4 Å². The molecule has 4 nitrogen and oxygen atoms in total. The van der Waals surface area contributed by atoms with E-state index in [0.29, 0.717) is 24.2 Å². The van der Waals surface area contributed by atoms with Crippen molar-refractivity contribution in [1.29, 1.82) is 0 Å². The van der Waals surface area contributed by atoms with Gasteiger partial charge in [-0.1, -0.05) is 36.4 Å². The third kappa shape index (κ3) is 5.08. The van der Waals surface area contributed by atoms with Gasteiger partial charge in [-0.2, -0.15) is 0 Å². The fourth-order valence-corrected chi connectivity index (χ4v) is 2.51. The largest absolute Gasteiger partial charge is 0.356 e. The van der Waals surface area contributed by atoms with Gasteiger partial charge in [0.1, 0.15) is 5.82 Å². The molecular formula is C21H20FN3O. The molecule has 0 bridgehead atoms. The lowest BCUT2D eigenvalue weighted by Crippen LogP contribution is -2.30. The number of hydrogen-bond acceptors (Lipinski definition) is 2. The summed E-state index contributed by atoms with van der Waals surface area (Å²) < 4.78 is 13.5. The number of urea groups is 1. The van der Waals surface area contributed by atoms with Crippen LogP contribution >= 0.6 is 0 Å². The molecule has 0 heterocycles. The van der Waals surface area contributed by atoms with Gasteiger partial charge in [-0.3, -0.25) is 0 Å². The highest BCUT2D eigenvalue weighted by atomic mass is 19.1. The summed E-state index contributed by atoms with van der Waals surface area (Å²) in [6.45, 7) is 0.362. The Morgan fingerprint density at radius 1 is 0.769 bits per heavy atom. The van der Waals surface area contributed by atoms with E-state index in [2.05, 4.69) is 16.0 Å². The van der Waals surface area contributed by atoms with Crippen LogP contribution in [0.3, 0.4) is 0 Å². The van der Waals surface area contributed by atoms with Crippen LogP contribution in [0.25, 0.3) is 0 Å². The van der Waals surface area contributed by atoms with Gasteiger partial charge in [-0.25, -0.2) is 9.18 Å². The molecule has 3 rings (SSSR count). The van der Waals surface area contributed by atoms with Gasteiger partial charge >= 0.3 is 6.03 Å². The zero-order valence-electron chi connectivity index (χ0n) is 14.2. The first-order valence-electron chi connectivity index (χ1n) is 8.41. The van der Waals surface area contributed by atoms with Crippen LogP contribution in [-0.2, 0) is 6.42 Å². The number of rotatable bonds is 6. The first kappa shape index (κ1) is 17.5. The van der Waals surface area contributed by atoms with E-state index in [1.807, 2.05) is 54.6 Å². The second kappa shape index (κ2) is 8.67. The minimum Gasteiger partial charge on any atom is -0.356 e. The lowest BCUT2D eigenvalue weighted by molar-refractivity contribution is 0.252. The molecule has 0 fully saturated rings. The molecule has 0 saturated heterocycles. The Labute approximate surface area is 152 Å². The molecule has 2 amide bonds. The highest BCUT2D eigenvalue weighted by molar-refractivity contribution is 5.89. The van der Waals surface area contributed by atoms with Crippen LogP contribution in [0.4, 0.5) is 26.2 Å². The lowest BCUT2D eigenvalue weighted by Gasteiger charge is -2.10. The standard InChI is InChI=1S/C21H20FN3O/c22-20-9-5-4-6-16(20)14-15-23-21(26)25-19-12-10-18(11-13-19)24-17-7-2-1-3-8-17/h1-13,24H,14-15H2,(H2,23,25,26). The zero-order chi connectivity index (χ0) is 18.2. The molecular weight excluding hydrogens is 329 g/mol. The Morgan fingerprint density at radius 2 is 1.38 bits per heavy atom. The van der Waals surface area contributed by atoms with Crippen LogP contribution in [0.2, 0.25) is 0 Å². The number of halogens is 1. The molecule has 3 N–H and O–H groups in total. The van der Waals surface area contributed by atoms with Crippen LogP contribution < -0.4 is 16.0 Å². The Morgan fingerprint density at radius 3 is 2.12 bits per heavy atom. The molecule has 3 aromatic carbocycles. The average molecular weight is 349 g/mol. The van der Waals surface area contributed by atoms with E-state index in [4.69, 9.17) is 0 Å². The lowest BCUT2D eigenvalue weighted by atomic mass is 10.1. The highest BCUT2D eigenvalue weighted by Gasteiger charge is 2.04. The van der Waals surface area contributed by atoms with Gasteiger partial charge in [0, 0.05) is 23.6 Å². The van der Waals surface area contributed by atoms with Crippen LogP contribution in [-0.4, -0.2) is 12.6 Å². The highest BCUT2D eigenvalue weighted by Crippen LogP contribution is 2.18. The minimum atomic E-state index is -0.315. The minimum absolute atomic E-state index is 0.254. The molecule has 0 unspecified atom stereocenters. The van der Waals surface area contributed by atoms with Crippen molar-refractivity contribution in [3.05, 3.63) is 90.2 Å². The van der Waals surface area contributed by atoms with Crippen molar-refractivity contribution in [3.8, 4) is 0 Å². The Kier molecular flexibility index (Phi) is 5.83. The smallest absolute Gasteiger partial charge is 0.319 e. The van der Waals surface area contributed by atoms with Gasteiger partial charge in [0.05, 0.1) is 0 Å². The fraction of sp³-hybridized carbons (Fsp3) is 0.0952. The molecule has 0 radical (unpaired) electrons. The van der Waals surface area contributed by atoms with E-state index >= 15 is 0 Å². The van der Waals surface area contributed by atoms with Crippen LogP contribution in [0.15, 0.2) is 78.9 Å². The summed E-state index contributed by atoms with van der Waals surface area (Å²) >= 11 is 0. The maximum Gasteiger partial charge on any atom is 0.319 e. The number of carbonyl (C=O) groups is 1. The monoisotopic (exact) mass is 349 g/mol. The number of amides is 2. The summed E-state index contributed by atoms with van der Waals surface area (Å²) in [7, 11) is 0. The molecule has 26 heavy (non-hydrogen) atoms. The third-order valence-electron chi connectivity index (χ3n) is 3.84. The molecule has 0 aromatic heterocycles. The maximum absolute atomic E-state index is 13.5. The summed E-state index contributed by atoms with van der Waals surface area (Å²) in [4.78, 5) is 11.9. The number of nitrogens with one attached hydrogen (secondary N) is 3. The van der Waals surface area contributed by atoms with Crippen molar-refractivity contribution in [2.45, 2.75) is 6.42 Å². The van der Waals surface area contributed by atoms with Gasteiger partial charge in [0.15, 0.2) is 0 Å². The van der Waals surface area contributed by atoms with Crippen molar-refractivity contribution in [2.75, 3.05) is 17.2 Å². The number of para-hydroxylation sites is 1. The van der Waals surface area contributed by atoms with E-state index in [-0.39, 0.29) is 11.8 Å². The number of hydrogen-bond donors (Lipinski definition) is 3. The van der Waals surface area contributed by atoms with Crippen molar-refractivity contribution >= 4 is 23.1 Å². The van der Waals surface area contributed by atoms with Gasteiger partial charge in [-0.15, -0.1) is 0 Å². The molecule has 0 aliphatic carbocycles. The molecule has 132 valence electrons. The average Bonchev–Trinajstić information content (AvgIpc) is 2.66. The number of anilines is 3. The van der Waals surface area contributed by atoms with Crippen molar-refractivity contribution in [2.24, 2.45) is 0 Å². The van der Waals surface area contributed by atoms with Crippen molar-refractivity contribution in [1.82, 2.24) is 5.32 Å². The van der Waals surface area contributed by atoms with Crippen LogP contribution in [0.1, 0.15) is 5.56 Å². The Balaban J connectivity index is 1.46. The first-order valence-corrected chi connectivity index (χ1v) is 8.41. The van der Waals surface area contributed by atoms with E-state index in [1.54, 1.807) is 18.2 Å². The summed E-state index contributed by atoms with van der Waals surface area (Å²) in [5, 5.41) is 8.77. The summed E-state index contributed by atoms with van der Waals surface area (Å²) in [6.07, 6.45) is 0.444. The van der Waals surface area contributed by atoms with Gasteiger partial charge in [0.2, 0.25) is 0 Å². The number of benzene rings is 3. The normalized spacial score (nSPS) is 10.2. The third-order valence-corrected chi connectivity index (χ3v) is 3.84. The molecule has 5 heteroatoms. The molecule has 0 spiro atoms. The predicted molar refractivity (Wildman–Crippen MR) is 103 cm³/mol. The maximum atomic E-state index is 13.5. The van der Waals surface area contributed by atoms with Crippen LogP contribution in [0, 0.1) is 5.82 Å². The zero-order valence-corrected chi connectivity index (χ0v) is 14.2. The number of carbonyl (C=O) groups excluding carboxylic acids is 1. The molecule has 0 atom stereocenters. The SMILES string of the molecule is O=C(NCCc1ccccc1F)Nc1ccc(Nc2ccccc2)cc1. The first-order chi connectivity index (χ1) is 12.7. The van der Waals surface area contributed by atoms with Gasteiger partial charge in [0.25, 0.3) is 0 Å². The van der Waals surface area contributed by atoms with Crippen molar-refractivity contribution in [3.63, 3.8) is 0 Å². The molecule has 0 aliphatic heterocycles. The second-order valence-corrected chi connectivity index (χ2v) is 5.79. The molecule has 0 aliphatic rings. The fourth-order valence-electron chi connectivity index (χ4n) is 2.51. The topological polar surface area (TPSA) is 53.2 Å². The van der Waals surface area contributed by atoms with Crippen LogP contribution in [0.5, 0.6) is 0 Å². The van der Waals surface area contributed by atoms with Crippen molar-refractivity contribution < 1.29 is 9.18 Å². The Bertz CT molecular complexity index is 851. The predicted octanol–water partition coefficient (Wildman–Crippen LogP) is 4.93. The molecule has 0 saturated carbocycles. The quantitative estimate of drug-likeness (QED) is 0.591. The van der Waals surface area contributed by atoms with E-state index in [9.17, 15) is 9.18 Å². The summed E-state index contributed by atoms with van der Waals surface area (Å²) in [5.41, 5.74) is 3.21. The summed E-state index contributed by atoms with van der Waals surface area (Å²) in [6, 6.07) is 23.5. The summed E-state index contributed by atoms with van der Waals surface area (Å²) in [5.74, 6) is -0.254. The van der Waals surface area contributed by atoms with Gasteiger partial charge < -0.3 is 16.0 Å². The molecule has 3 aromatic rings. The van der Waals surface area contributed by atoms with Gasteiger partial charge in [-0.05, 0) is 54.4 Å².